The number of nitrogens with one attached hydrogen (secondary N) is 12. The Bertz CT molecular complexity index is 4520. The van der Waals surface area contributed by atoms with Gasteiger partial charge in [0.05, 0.1) is 36.9 Å². The Morgan fingerprint density at radius 1 is 0.689 bits per heavy atom. The van der Waals surface area contributed by atoms with Gasteiger partial charge in [-0.25, -0.2) is 18.4 Å². The van der Waals surface area contributed by atoms with Crippen LogP contribution >= 0.6 is 0 Å². The number of hydrogen-bond acceptors (Lipinski definition) is 16. The summed E-state index contributed by atoms with van der Waals surface area (Å²) in [6.45, 7) is 3.13. The van der Waals surface area contributed by atoms with Gasteiger partial charge >= 0.3 is 5.97 Å². The van der Waals surface area contributed by atoms with E-state index in [0.29, 0.717) is 33.5 Å². The van der Waals surface area contributed by atoms with E-state index in [0.717, 1.165) is 12.1 Å². The van der Waals surface area contributed by atoms with Gasteiger partial charge in [-0.15, -0.1) is 5.10 Å². The van der Waals surface area contributed by atoms with E-state index < -0.39 is 169 Å². The van der Waals surface area contributed by atoms with Gasteiger partial charge in [0.2, 0.25) is 65.0 Å². The van der Waals surface area contributed by atoms with Crippen molar-refractivity contribution in [1.82, 2.24) is 87.7 Å². The van der Waals surface area contributed by atoms with E-state index in [4.69, 9.17) is 5.73 Å². The number of phenols is 1. The Morgan fingerprint density at radius 2 is 1.28 bits per heavy atom. The molecule has 7 heterocycles. The fourth-order valence-corrected chi connectivity index (χ4v) is 12.5. The SMILES string of the molecule is CC(=O)N[C@H]1CCc2cn(nn2)-c2ccc(cc2)C[C@@H](C(N)=O)NC(=O)[C@]2(C)CCCN2C(=O)[C@H](Cc2ccc(O)cc2)NC(=O)[C@@H](Cc2cnc[nH]2)NC(=O)[C@H](CC(=O)O)NC(=O)[C@H](Cc2c[nH]c3ccc(F)cc23)NC(=O)[C@H](Cc2c[nH]c3ccc(F)cc23)NC(=O)CNC(=O)[C@H](C)NC1=O. The summed E-state index contributed by atoms with van der Waals surface area (Å²) in [5.41, 5.74) is 7.62. The number of carboxylic acids is 1. The normalized spacial score (nSPS) is 22.8. The highest BCUT2D eigenvalue weighted by Gasteiger charge is 2.49. The molecule has 4 aromatic heterocycles. The second kappa shape index (κ2) is 32.3. The van der Waals surface area contributed by atoms with E-state index in [1.54, 1.807) is 30.5 Å². The Kier molecular flexibility index (Phi) is 23.0. The topological polar surface area (TPSA) is 474 Å². The highest BCUT2D eigenvalue weighted by molar-refractivity contribution is 6.01. The summed E-state index contributed by atoms with van der Waals surface area (Å²) in [5, 5.41) is 52.5. The number of aromatic amines is 3. The van der Waals surface area contributed by atoms with E-state index in [9.17, 15) is 57.4 Å². The van der Waals surface area contributed by atoms with E-state index in [1.165, 1.54) is 104 Å². The maximum atomic E-state index is 15.3. The summed E-state index contributed by atoms with van der Waals surface area (Å²) in [5.74, 6) is -13.5. The third-order valence-corrected chi connectivity index (χ3v) is 18.0. The molecule has 540 valence electrons. The van der Waals surface area contributed by atoms with Crippen LogP contribution in [0.1, 0.15) is 80.1 Å². The molecular formula is C69H76F2N18O14. The van der Waals surface area contributed by atoms with Crippen LogP contribution in [-0.4, -0.2) is 188 Å². The standard InChI is InChI=1S/C69H76F2N18O14/c1-35-61(96)76-32-58(92)80-53(23-39-29-74-49-16-9-41(70)25-47(39)49)63(98)81-54(24-40-30-75-50-17-10-42(71)26-48(40)50)64(99)83-56(28-59(93)94)66(101)82-55(27-44-31-73-34-77-44)65(100)84-57(22-38-7-14-46(91)15-8-38)67(102)88-20-4-19-69(88,3)68(103)85-52(60(72)95)21-37-5-12-45(13-6-37)89-33-43(86-87-89)11-18-51(62(97)78-35)79-36(2)90/h5-10,12-17,25-26,29-31,33-35,51-57,74-75,91H,4,11,18-24,27-28,32H2,1-3H3,(H2,72,95)(H,73,77)(H,76,96)(H,78,97)(H,79,90)(H,80,92)(H,81,98)(H,82,101)(H,83,99)(H,84,100)(H,85,103)(H,93,94)/t35-,51-,52-,53-,54-,55+,56-,57-,69-/m0/s1. The zero-order valence-corrected chi connectivity index (χ0v) is 55.9. The number of aromatic hydroxyl groups is 1. The molecule has 4 aromatic carbocycles. The van der Waals surface area contributed by atoms with Gasteiger partial charge in [-0.3, -0.25) is 57.5 Å². The largest absolute Gasteiger partial charge is 0.508 e. The molecule has 1 saturated heterocycles. The van der Waals surface area contributed by atoms with Gasteiger partial charge in [0.25, 0.3) is 0 Å². The quantitative estimate of drug-likeness (QED) is 0.0703. The summed E-state index contributed by atoms with van der Waals surface area (Å²) >= 11 is 0. The van der Waals surface area contributed by atoms with Crippen molar-refractivity contribution in [1.29, 1.82) is 0 Å². The number of H-pyrrole nitrogens is 3. The van der Waals surface area contributed by atoms with Gasteiger partial charge in [0.15, 0.2) is 0 Å². The maximum absolute atomic E-state index is 15.3. The fraction of sp³-hybridized carbons (Fsp3) is 0.348. The van der Waals surface area contributed by atoms with Crippen LogP contribution in [0, 0.1) is 11.6 Å². The van der Waals surface area contributed by atoms with E-state index >= 15 is 19.2 Å². The molecule has 3 aliphatic heterocycles. The molecule has 34 heteroatoms. The van der Waals surface area contributed by atoms with Crippen LogP contribution in [0.15, 0.2) is 116 Å². The first-order valence-electron chi connectivity index (χ1n) is 32.9. The smallest absolute Gasteiger partial charge is 0.305 e. The molecular weight excluding hydrogens is 1340 g/mol. The Balaban J connectivity index is 0.997. The molecule has 0 unspecified atom stereocenters. The molecule has 1 fully saturated rings. The zero-order valence-electron chi connectivity index (χ0n) is 55.9. The number of nitrogens with zero attached hydrogens (tertiary/aromatic N) is 5. The number of carbonyl (C=O) groups is 12. The number of aromatic nitrogens is 7. The number of imidazole rings is 1. The molecule has 32 nitrogen and oxygen atoms in total. The van der Waals surface area contributed by atoms with Crippen LogP contribution in [0.3, 0.4) is 0 Å². The van der Waals surface area contributed by atoms with Crippen LogP contribution in [-0.2, 0) is 96.1 Å². The number of phenolic OH excluding ortho intramolecular Hbond substituents is 1. The minimum Gasteiger partial charge on any atom is -0.508 e. The average molecular weight is 1420 g/mol. The maximum Gasteiger partial charge on any atom is 0.305 e. The Morgan fingerprint density at radius 3 is 1.87 bits per heavy atom. The molecule has 8 aromatic rings. The van der Waals surface area contributed by atoms with Crippen molar-refractivity contribution in [2.75, 3.05) is 13.1 Å². The molecule has 0 radical (unpaired) electrons. The number of benzene rings is 4. The van der Waals surface area contributed by atoms with Gasteiger partial charge in [0.1, 0.15) is 71.3 Å². The predicted octanol–water partition coefficient (Wildman–Crippen LogP) is -0.228. The zero-order chi connectivity index (χ0) is 73.8. The number of nitrogens with two attached hydrogens (primary N) is 1. The molecule has 0 aliphatic carbocycles. The molecule has 103 heavy (non-hydrogen) atoms. The number of rotatable bonds is 12. The first-order chi connectivity index (χ1) is 49.2. The number of aryl methyl sites for hydroxylation is 1. The number of halogens is 2. The van der Waals surface area contributed by atoms with E-state index in [2.05, 4.69) is 78.1 Å². The van der Waals surface area contributed by atoms with Crippen LogP contribution in [0.5, 0.6) is 5.75 Å². The summed E-state index contributed by atoms with van der Waals surface area (Å²) in [6, 6.07) is 7.04. The summed E-state index contributed by atoms with van der Waals surface area (Å²) in [6.07, 6.45) is 4.55. The minimum atomic E-state index is -2.07. The van der Waals surface area contributed by atoms with E-state index in [-0.39, 0.29) is 78.4 Å². The van der Waals surface area contributed by atoms with Crippen molar-refractivity contribution < 1.29 is 76.5 Å². The molecule has 11 amide bonds. The molecule has 3 aliphatic rings. The fourth-order valence-electron chi connectivity index (χ4n) is 12.5. The van der Waals surface area contributed by atoms with Crippen molar-refractivity contribution in [2.45, 2.75) is 139 Å². The van der Waals surface area contributed by atoms with Crippen LogP contribution in [0.25, 0.3) is 27.5 Å². The van der Waals surface area contributed by atoms with Gasteiger partial charge in [-0.05, 0) is 122 Å². The van der Waals surface area contributed by atoms with Crippen molar-refractivity contribution in [3.05, 3.63) is 161 Å². The number of hydrogen-bond donors (Lipinski definition) is 15. The van der Waals surface area contributed by atoms with Gasteiger partial charge < -0.3 is 83.6 Å². The van der Waals surface area contributed by atoms with Gasteiger partial charge in [-0.1, -0.05) is 29.5 Å². The van der Waals surface area contributed by atoms with Crippen LogP contribution < -0.4 is 53.6 Å². The third-order valence-electron chi connectivity index (χ3n) is 18.0. The second-order valence-corrected chi connectivity index (χ2v) is 25.6. The third kappa shape index (κ3) is 18.5. The first-order valence-corrected chi connectivity index (χ1v) is 32.9. The lowest BCUT2D eigenvalue weighted by Gasteiger charge is -2.37. The number of aliphatic carboxylic acids is 1. The molecule has 0 saturated carbocycles. The van der Waals surface area contributed by atoms with Crippen molar-refractivity contribution in [3.8, 4) is 11.4 Å². The lowest BCUT2D eigenvalue weighted by Crippen LogP contribution is -2.63. The minimum absolute atomic E-state index is 0.0222. The van der Waals surface area contributed by atoms with Crippen LogP contribution in [0.4, 0.5) is 8.78 Å². The number of carboxylic acid groups (broad SMARTS) is 1. The average Bonchev–Trinajstić information content (AvgIpc) is 1.69. The van der Waals surface area contributed by atoms with Gasteiger partial charge in [0, 0.05) is 91.7 Å². The molecule has 9 atom stereocenters. The predicted molar refractivity (Wildman–Crippen MR) is 362 cm³/mol. The summed E-state index contributed by atoms with van der Waals surface area (Å²) in [7, 11) is 0. The van der Waals surface area contributed by atoms with Crippen molar-refractivity contribution >= 4 is 92.8 Å². The highest BCUT2D eigenvalue weighted by atomic mass is 19.1. The number of carbonyl (C=O) groups excluding carboxylic acids is 11. The molecule has 0 spiro atoms. The first kappa shape index (κ1) is 73.3. The second-order valence-electron chi connectivity index (χ2n) is 25.6. The molecule has 4 bridgehead atoms. The highest BCUT2D eigenvalue weighted by Crippen LogP contribution is 2.32. The Hall–Kier alpha value is -12.4. The molecule has 11 rings (SSSR count). The number of amides is 11. The number of primary amides is 1. The number of fused-ring (bicyclic) bond motifs is 31. The monoisotopic (exact) mass is 1420 g/mol. The summed E-state index contributed by atoms with van der Waals surface area (Å²) < 4.78 is 31.2. The molecule has 16 N–H and O–H groups in total. The van der Waals surface area contributed by atoms with Crippen LogP contribution in [0.2, 0.25) is 0 Å². The van der Waals surface area contributed by atoms with Gasteiger partial charge in [-0.2, -0.15) is 0 Å². The van der Waals surface area contributed by atoms with Crippen molar-refractivity contribution in [3.63, 3.8) is 0 Å². The van der Waals surface area contributed by atoms with E-state index in [1.807, 2.05) is 0 Å². The lowest BCUT2D eigenvalue weighted by atomic mass is 9.94. The van der Waals surface area contributed by atoms with Crippen molar-refractivity contribution in [2.24, 2.45) is 5.73 Å². The lowest BCUT2D eigenvalue weighted by molar-refractivity contribution is -0.147. The Labute approximate surface area is 585 Å². The summed E-state index contributed by atoms with van der Waals surface area (Å²) in [4.78, 5) is 184.